The quantitative estimate of drug-likeness (QED) is 0.310. The van der Waals surface area contributed by atoms with Crippen molar-refractivity contribution in [2.24, 2.45) is 0 Å². The first kappa shape index (κ1) is 27.1. The van der Waals surface area contributed by atoms with Crippen LogP contribution in [0.4, 0.5) is 5.69 Å². The predicted octanol–water partition coefficient (Wildman–Crippen LogP) is 7.64. The third-order valence-electron chi connectivity index (χ3n) is 7.22. The summed E-state index contributed by atoms with van der Waals surface area (Å²) in [7, 11) is 0. The Bertz CT molecular complexity index is 1050. The standard InChI is InChI=1S/C31H40N2O.ClH/c1-5-6-18-34-31-12-10-29(11-13-31)33(30-14-16-32-17-15-30)22-26-8-7-9-27(21-26)28-19-23(2)25(4)24(3)20-28;/h7-13,19-21,30,32H,5-6,14-18,22H2,1-4H3;1H. The number of aryl methyl sites for hydroxylation is 2. The summed E-state index contributed by atoms with van der Waals surface area (Å²) in [5.41, 5.74) is 9.35. The monoisotopic (exact) mass is 492 g/mol. The average Bonchev–Trinajstić information content (AvgIpc) is 2.87. The van der Waals surface area contributed by atoms with Gasteiger partial charge in [-0.25, -0.2) is 0 Å². The molecule has 0 unspecified atom stereocenters. The summed E-state index contributed by atoms with van der Waals surface area (Å²) in [6.07, 6.45) is 4.59. The summed E-state index contributed by atoms with van der Waals surface area (Å²) >= 11 is 0. The molecule has 188 valence electrons. The normalized spacial score (nSPS) is 13.8. The van der Waals surface area contributed by atoms with Crippen molar-refractivity contribution >= 4 is 18.1 Å². The van der Waals surface area contributed by atoms with Crippen molar-refractivity contribution in [2.75, 3.05) is 24.6 Å². The van der Waals surface area contributed by atoms with Crippen LogP contribution in [0, 0.1) is 20.8 Å². The fraction of sp³-hybridized carbons (Fsp3) is 0.419. The third-order valence-corrected chi connectivity index (χ3v) is 7.22. The number of ether oxygens (including phenoxy) is 1. The van der Waals surface area contributed by atoms with Gasteiger partial charge in [-0.2, -0.15) is 0 Å². The highest BCUT2D eigenvalue weighted by atomic mass is 35.5. The van der Waals surface area contributed by atoms with Gasteiger partial charge in [0.25, 0.3) is 0 Å². The molecule has 0 saturated carbocycles. The Morgan fingerprint density at radius 1 is 0.886 bits per heavy atom. The SMILES string of the molecule is CCCCOc1ccc(N(Cc2cccc(-c3cc(C)c(C)c(C)c3)c2)C2CCNCC2)cc1.Cl. The summed E-state index contributed by atoms with van der Waals surface area (Å²) in [6.45, 7) is 12.7. The van der Waals surface area contributed by atoms with Gasteiger partial charge in [-0.05, 0) is 117 Å². The van der Waals surface area contributed by atoms with Gasteiger partial charge >= 0.3 is 0 Å². The van der Waals surface area contributed by atoms with Crippen molar-refractivity contribution in [1.82, 2.24) is 5.32 Å². The number of halogens is 1. The van der Waals surface area contributed by atoms with Crippen LogP contribution in [0.25, 0.3) is 11.1 Å². The van der Waals surface area contributed by atoms with E-state index in [1.165, 1.54) is 51.9 Å². The maximum Gasteiger partial charge on any atom is 0.119 e. The molecule has 0 radical (unpaired) electrons. The number of rotatable bonds is 9. The van der Waals surface area contributed by atoms with E-state index >= 15 is 0 Å². The van der Waals surface area contributed by atoms with Crippen molar-refractivity contribution in [3.63, 3.8) is 0 Å². The predicted molar refractivity (Wildman–Crippen MR) is 152 cm³/mol. The van der Waals surface area contributed by atoms with Crippen LogP contribution < -0.4 is 15.0 Å². The second-order valence-corrected chi connectivity index (χ2v) is 9.74. The minimum Gasteiger partial charge on any atom is -0.494 e. The Balaban J connectivity index is 0.00000342. The van der Waals surface area contributed by atoms with Gasteiger partial charge in [0.2, 0.25) is 0 Å². The summed E-state index contributed by atoms with van der Waals surface area (Å²) < 4.78 is 5.91. The highest BCUT2D eigenvalue weighted by Crippen LogP contribution is 2.29. The van der Waals surface area contributed by atoms with Gasteiger partial charge in [0.15, 0.2) is 0 Å². The van der Waals surface area contributed by atoms with Crippen LogP contribution in [-0.2, 0) is 6.54 Å². The molecule has 1 aliphatic rings. The summed E-state index contributed by atoms with van der Waals surface area (Å²) in [5.74, 6) is 0.967. The van der Waals surface area contributed by atoms with Crippen LogP contribution in [0.15, 0.2) is 60.7 Å². The van der Waals surface area contributed by atoms with Gasteiger partial charge in [-0.3, -0.25) is 0 Å². The molecule has 3 nitrogen and oxygen atoms in total. The van der Waals surface area contributed by atoms with E-state index in [1.807, 2.05) is 0 Å². The maximum absolute atomic E-state index is 5.91. The lowest BCUT2D eigenvalue weighted by molar-refractivity contribution is 0.309. The maximum atomic E-state index is 5.91. The molecule has 1 N–H and O–H groups in total. The van der Waals surface area contributed by atoms with Crippen molar-refractivity contribution in [3.8, 4) is 16.9 Å². The van der Waals surface area contributed by atoms with Crippen LogP contribution in [0.3, 0.4) is 0 Å². The van der Waals surface area contributed by atoms with E-state index in [9.17, 15) is 0 Å². The first-order valence-corrected chi connectivity index (χ1v) is 12.9. The van der Waals surface area contributed by atoms with E-state index < -0.39 is 0 Å². The summed E-state index contributed by atoms with van der Waals surface area (Å²) in [4.78, 5) is 2.60. The molecule has 0 amide bonds. The van der Waals surface area contributed by atoms with Crippen LogP contribution in [-0.4, -0.2) is 25.7 Å². The zero-order valence-corrected chi connectivity index (χ0v) is 22.6. The molecule has 3 aromatic rings. The number of nitrogens with zero attached hydrogens (tertiary/aromatic N) is 1. The van der Waals surface area contributed by atoms with Gasteiger partial charge in [0.1, 0.15) is 5.75 Å². The van der Waals surface area contributed by atoms with E-state index in [0.29, 0.717) is 6.04 Å². The molecule has 3 aromatic carbocycles. The average molecular weight is 493 g/mol. The Hall–Kier alpha value is -2.49. The summed E-state index contributed by atoms with van der Waals surface area (Å²) in [5, 5.41) is 3.52. The van der Waals surface area contributed by atoms with E-state index in [4.69, 9.17) is 4.74 Å². The highest BCUT2D eigenvalue weighted by molar-refractivity contribution is 5.85. The highest BCUT2D eigenvalue weighted by Gasteiger charge is 2.22. The molecular weight excluding hydrogens is 452 g/mol. The number of benzene rings is 3. The second-order valence-electron chi connectivity index (χ2n) is 9.74. The van der Waals surface area contributed by atoms with Crippen molar-refractivity contribution in [3.05, 3.63) is 82.9 Å². The molecule has 1 heterocycles. The van der Waals surface area contributed by atoms with Crippen molar-refractivity contribution in [2.45, 2.75) is 66.0 Å². The molecule has 0 atom stereocenters. The largest absolute Gasteiger partial charge is 0.494 e. The van der Waals surface area contributed by atoms with Crippen molar-refractivity contribution < 1.29 is 4.74 Å². The lowest BCUT2D eigenvalue weighted by Crippen LogP contribution is -2.43. The molecule has 0 bridgehead atoms. The zero-order chi connectivity index (χ0) is 23.9. The fourth-order valence-corrected chi connectivity index (χ4v) is 4.87. The lowest BCUT2D eigenvalue weighted by Gasteiger charge is -2.36. The number of hydrogen-bond donors (Lipinski definition) is 1. The smallest absolute Gasteiger partial charge is 0.119 e. The second kappa shape index (κ2) is 13.0. The van der Waals surface area contributed by atoms with E-state index in [2.05, 4.69) is 98.6 Å². The molecule has 1 saturated heterocycles. The van der Waals surface area contributed by atoms with Gasteiger partial charge in [-0.1, -0.05) is 43.7 Å². The van der Waals surface area contributed by atoms with Crippen LogP contribution >= 0.6 is 12.4 Å². The zero-order valence-electron chi connectivity index (χ0n) is 21.8. The number of unbranched alkanes of at least 4 members (excludes halogenated alkanes) is 1. The lowest BCUT2D eigenvalue weighted by atomic mass is 9.95. The Morgan fingerprint density at radius 2 is 1.57 bits per heavy atom. The molecule has 4 rings (SSSR count). The molecule has 0 aliphatic carbocycles. The van der Waals surface area contributed by atoms with Gasteiger partial charge in [-0.15, -0.1) is 12.4 Å². The minimum absolute atomic E-state index is 0. The number of nitrogens with one attached hydrogen (secondary N) is 1. The summed E-state index contributed by atoms with van der Waals surface area (Å²) in [6, 6.07) is 23.0. The van der Waals surface area contributed by atoms with E-state index in [1.54, 1.807) is 0 Å². The molecule has 1 aliphatic heterocycles. The van der Waals surface area contributed by atoms with Crippen LogP contribution in [0.5, 0.6) is 5.75 Å². The first-order chi connectivity index (χ1) is 16.5. The number of anilines is 1. The van der Waals surface area contributed by atoms with Gasteiger partial charge < -0.3 is 15.0 Å². The minimum atomic E-state index is 0. The Labute approximate surface area is 218 Å². The van der Waals surface area contributed by atoms with Gasteiger partial charge in [0, 0.05) is 18.3 Å². The molecular formula is C31H41ClN2O. The number of hydrogen-bond acceptors (Lipinski definition) is 3. The molecule has 4 heteroatoms. The van der Waals surface area contributed by atoms with Crippen LogP contribution in [0.1, 0.15) is 54.9 Å². The molecule has 0 aromatic heterocycles. The Kier molecular flexibility index (Phi) is 10.1. The number of piperidine rings is 1. The first-order valence-electron chi connectivity index (χ1n) is 12.9. The van der Waals surface area contributed by atoms with E-state index in [0.717, 1.165) is 44.8 Å². The molecule has 1 fully saturated rings. The van der Waals surface area contributed by atoms with Crippen molar-refractivity contribution in [1.29, 1.82) is 0 Å². The van der Waals surface area contributed by atoms with Gasteiger partial charge in [0.05, 0.1) is 6.61 Å². The van der Waals surface area contributed by atoms with E-state index in [-0.39, 0.29) is 12.4 Å². The molecule has 35 heavy (non-hydrogen) atoms. The fourth-order valence-electron chi connectivity index (χ4n) is 4.87. The van der Waals surface area contributed by atoms with Crippen LogP contribution in [0.2, 0.25) is 0 Å². The topological polar surface area (TPSA) is 24.5 Å². The Morgan fingerprint density at radius 3 is 2.23 bits per heavy atom. The third kappa shape index (κ3) is 7.02. The molecule has 0 spiro atoms.